The minimum Gasteiger partial charge on any atom is -0.267 e. The van der Waals surface area contributed by atoms with E-state index in [9.17, 15) is 14.9 Å². The number of amides is 1. The number of rotatable bonds is 7. The SMILES string of the molecule is O=C(N/N=C\c1cc([N+](=O)[O-])ccc1Cl)c1ccc(CSc2ccccc2)cc1. The summed E-state index contributed by atoms with van der Waals surface area (Å²) in [6.07, 6.45) is 1.28. The topological polar surface area (TPSA) is 84.6 Å². The molecule has 0 aromatic heterocycles. The van der Waals surface area contributed by atoms with Gasteiger partial charge in [0, 0.05) is 38.9 Å². The van der Waals surface area contributed by atoms with Crippen molar-refractivity contribution in [1.29, 1.82) is 0 Å². The van der Waals surface area contributed by atoms with E-state index in [0.29, 0.717) is 16.1 Å². The summed E-state index contributed by atoms with van der Waals surface area (Å²) in [7, 11) is 0. The second-order valence-electron chi connectivity index (χ2n) is 5.96. The van der Waals surface area contributed by atoms with Crippen molar-refractivity contribution < 1.29 is 9.72 Å². The molecule has 29 heavy (non-hydrogen) atoms. The number of hydrogen-bond donors (Lipinski definition) is 1. The molecule has 0 spiro atoms. The molecule has 0 saturated carbocycles. The molecule has 0 heterocycles. The van der Waals surface area contributed by atoms with Crippen LogP contribution in [0.15, 0.2) is 82.8 Å². The number of nitrogens with zero attached hydrogens (tertiary/aromatic N) is 2. The number of hydrazone groups is 1. The van der Waals surface area contributed by atoms with Crippen LogP contribution in [0.25, 0.3) is 0 Å². The quantitative estimate of drug-likeness (QED) is 0.241. The van der Waals surface area contributed by atoms with Crippen molar-refractivity contribution in [3.63, 3.8) is 0 Å². The molecule has 0 fully saturated rings. The van der Waals surface area contributed by atoms with Gasteiger partial charge in [-0.15, -0.1) is 11.8 Å². The van der Waals surface area contributed by atoms with Crippen LogP contribution in [0, 0.1) is 10.1 Å². The first-order valence-corrected chi connectivity index (χ1v) is 9.93. The summed E-state index contributed by atoms with van der Waals surface area (Å²) in [4.78, 5) is 23.7. The van der Waals surface area contributed by atoms with E-state index in [1.54, 1.807) is 23.9 Å². The number of carbonyl (C=O) groups excluding carboxylic acids is 1. The van der Waals surface area contributed by atoms with Crippen molar-refractivity contribution in [3.8, 4) is 0 Å². The third kappa shape index (κ3) is 5.91. The van der Waals surface area contributed by atoms with Gasteiger partial charge in [0.25, 0.3) is 11.6 Å². The van der Waals surface area contributed by atoms with Gasteiger partial charge in [-0.05, 0) is 35.9 Å². The van der Waals surface area contributed by atoms with Crippen LogP contribution in [0.1, 0.15) is 21.5 Å². The van der Waals surface area contributed by atoms with Gasteiger partial charge in [0.2, 0.25) is 0 Å². The number of halogens is 1. The number of non-ortho nitro benzene ring substituents is 1. The van der Waals surface area contributed by atoms with E-state index >= 15 is 0 Å². The number of carbonyl (C=O) groups is 1. The maximum absolute atomic E-state index is 12.2. The van der Waals surface area contributed by atoms with Crippen LogP contribution in [-0.2, 0) is 5.75 Å². The Hall–Kier alpha value is -3.16. The smallest absolute Gasteiger partial charge is 0.267 e. The average molecular weight is 426 g/mol. The van der Waals surface area contributed by atoms with E-state index in [0.717, 1.165) is 11.3 Å². The Morgan fingerprint density at radius 1 is 1.10 bits per heavy atom. The number of benzene rings is 3. The highest BCUT2D eigenvalue weighted by Crippen LogP contribution is 2.22. The monoisotopic (exact) mass is 425 g/mol. The molecule has 0 aliphatic carbocycles. The third-order valence-electron chi connectivity index (χ3n) is 3.92. The summed E-state index contributed by atoms with van der Waals surface area (Å²) in [5, 5.41) is 15.0. The van der Waals surface area contributed by atoms with Crippen LogP contribution >= 0.6 is 23.4 Å². The Morgan fingerprint density at radius 2 is 1.83 bits per heavy atom. The van der Waals surface area contributed by atoms with Crippen LogP contribution < -0.4 is 5.43 Å². The molecule has 3 rings (SSSR count). The summed E-state index contributed by atoms with van der Waals surface area (Å²) < 4.78 is 0. The summed E-state index contributed by atoms with van der Waals surface area (Å²) >= 11 is 7.72. The predicted molar refractivity (Wildman–Crippen MR) is 116 cm³/mol. The molecule has 0 bridgehead atoms. The fourth-order valence-corrected chi connectivity index (χ4v) is 3.45. The molecule has 1 N–H and O–H groups in total. The Balaban J connectivity index is 1.57. The van der Waals surface area contributed by atoms with Crippen LogP contribution in [0.2, 0.25) is 5.02 Å². The molecule has 8 heteroatoms. The lowest BCUT2D eigenvalue weighted by Crippen LogP contribution is -2.17. The first kappa shape index (κ1) is 20.6. The highest BCUT2D eigenvalue weighted by atomic mass is 35.5. The highest BCUT2D eigenvalue weighted by Gasteiger charge is 2.09. The van der Waals surface area contributed by atoms with E-state index in [-0.39, 0.29) is 11.6 Å². The molecule has 3 aromatic rings. The zero-order valence-electron chi connectivity index (χ0n) is 15.1. The fourth-order valence-electron chi connectivity index (χ4n) is 2.40. The molecule has 0 saturated heterocycles. The van der Waals surface area contributed by atoms with Gasteiger partial charge in [-0.25, -0.2) is 5.43 Å². The number of nitro benzene ring substituents is 1. The minimum absolute atomic E-state index is 0.105. The maximum Gasteiger partial charge on any atom is 0.271 e. The number of hydrogen-bond acceptors (Lipinski definition) is 5. The predicted octanol–water partition coefficient (Wildman–Crippen LogP) is 5.30. The zero-order valence-corrected chi connectivity index (χ0v) is 16.7. The Kier molecular flexibility index (Phi) is 6.99. The Morgan fingerprint density at radius 3 is 2.52 bits per heavy atom. The molecule has 0 aliphatic rings. The summed E-state index contributed by atoms with van der Waals surface area (Å²) in [5.41, 5.74) is 4.19. The van der Waals surface area contributed by atoms with Crippen LogP contribution in [0.5, 0.6) is 0 Å². The first-order chi connectivity index (χ1) is 14.0. The lowest BCUT2D eigenvalue weighted by Gasteiger charge is -2.04. The second kappa shape index (κ2) is 9.86. The summed E-state index contributed by atoms with van der Waals surface area (Å²) in [5.74, 6) is 0.417. The average Bonchev–Trinajstić information content (AvgIpc) is 2.74. The zero-order chi connectivity index (χ0) is 20.6. The Bertz CT molecular complexity index is 1040. The lowest BCUT2D eigenvalue weighted by molar-refractivity contribution is -0.384. The molecule has 1 amide bonds. The summed E-state index contributed by atoms with van der Waals surface area (Å²) in [6.45, 7) is 0. The largest absolute Gasteiger partial charge is 0.271 e. The van der Waals surface area contributed by atoms with E-state index < -0.39 is 4.92 Å². The van der Waals surface area contributed by atoms with Crippen LogP contribution in [0.4, 0.5) is 5.69 Å². The number of nitro groups is 1. The van der Waals surface area contributed by atoms with Gasteiger partial charge in [-0.1, -0.05) is 41.9 Å². The fraction of sp³-hybridized carbons (Fsp3) is 0.0476. The molecule has 0 atom stereocenters. The molecular formula is C21H16ClN3O3S. The first-order valence-electron chi connectivity index (χ1n) is 8.57. The summed E-state index contributed by atoms with van der Waals surface area (Å²) in [6, 6.07) is 21.3. The van der Waals surface area contributed by atoms with E-state index in [2.05, 4.69) is 22.7 Å². The van der Waals surface area contributed by atoms with Gasteiger partial charge in [0.05, 0.1) is 11.1 Å². The van der Waals surface area contributed by atoms with Gasteiger partial charge >= 0.3 is 0 Å². The van der Waals surface area contributed by atoms with Crippen molar-refractivity contribution in [3.05, 3.63) is 105 Å². The van der Waals surface area contributed by atoms with Crippen molar-refractivity contribution in [2.75, 3.05) is 0 Å². The molecule has 3 aromatic carbocycles. The molecule has 6 nitrogen and oxygen atoms in total. The van der Waals surface area contributed by atoms with Crippen LogP contribution in [-0.4, -0.2) is 17.0 Å². The highest BCUT2D eigenvalue weighted by molar-refractivity contribution is 7.98. The minimum atomic E-state index is -0.524. The van der Waals surface area contributed by atoms with Gasteiger partial charge in [-0.2, -0.15) is 5.10 Å². The molecule has 146 valence electrons. The normalized spacial score (nSPS) is 10.8. The van der Waals surface area contributed by atoms with Crippen molar-refractivity contribution in [1.82, 2.24) is 5.43 Å². The number of nitrogens with one attached hydrogen (secondary N) is 1. The van der Waals surface area contributed by atoms with E-state index in [4.69, 9.17) is 11.6 Å². The van der Waals surface area contributed by atoms with Gasteiger partial charge in [-0.3, -0.25) is 14.9 Å². The van der Waals surface area contributed by atoms with Crippen molar-refractivity contribution >= 4 is 41.2 Å². The Labute approximate surface area is 176 Å². The van der Waals surface area contributed by atoms with Crippen molar-refractivity contribution in [2.45, 2.75) is 10.6 Å². The second-order valence-corrected chi connectivity index (χ2v) is 7.42. The van der Waals surface area contributed by atoms with Gasteiger partial charge < -0.3 is 0 Å². The molecular weight excluding hydrogens is 410 g/mol. The molecule has 0 aliphatic heterocycles. The third-order valence-corrected chi connectivity index (χ3v) is 5.35. The lowest BCUT2D eigenvalue weighted by atomic mass is 10.1. The van der Waals surface area contributed by atoms with Gasteiger partial charge in [0.1, 0.15) is 0 Å². The molecule has 0 unspecified atom stereocenters. The van der Waals surface area contributed by atoms with Crippen molar-refractivity contribution in [2.24, 2.45) is 5.10 Å². The maximum atomic E-state index is 12.2. The van der Waals surface area contributed by atoms with E-state index in [1.807, 2.05) is 30.3 Å². The van der Waals surface area contributed by atoms with Crippen LogP contribution in [0.3, 0.4) is 0 Å². The standard InChI is InChI=1S/C21H16ClN3O3S/c22-20-11-10-18(25(27)28)12-17(20)13-23-24-21(26)16-8-6-15(7-9-16)14-29-19-4-2-1-3-5-19/h1-13H,14H2,(H,24,26)/b23-13-. The molecule has 0 radical (unpaired) electrons. The van der Waals surface area contributed by atoms with Gasteiger partial charge in [0.15, 0.2) is 0 Å². The van der Waals surface area contributed by atoms with E-state index in [1.165, 1.54) is 29.3 Å². The number of thioether (sulfide) groups is 1.